The summed E-state index contributed by atoms with van der Waals surface area (Å²) in [5, 5.41) is 10.8. The van der Waals surface area contributed by atoms with Gasteiger partial charge in [0.05, 0.1) is 40.0 Å². The molecule has 1 fully saturated rings. The van der Waals surface area contributed by atoms with Crippen molar-refractivity contribution < 1.29 is 9.59 Å². The van der Waals surface area contributed by atoms with Gasteiger partial charge in [-0.1, -0.05) is 17.7 Å². The van der Waals surface area contributed by atoms with Crippen LogP contribution in [0.15, 0.2) is 55.0 Å². The van der Waals surface area contributed by atoms with Crippen LogP contribution in [0.3, 0.4) is 0 Å². The first kappa shape index (κ1) is 21.1. The van der Waals surface area contributed by atoms with Gasteiger partial charge in [0.1, 0.15) is 0 Å². The van der Waals surface area contributed by atoms with Crippen molar-refractivity contribution in [1.82, 2.24) is 20.2 Å². The summed E-state index contributed by atoms with van der Waals surface area (Å²) in [4.78, 5) is 35.1. The fourth-order valence-corrected chi connectivity index (χ4v) is 3.93. The number of pyridine rings is 2. The van der Waals surface area contributed by atoms with Crippen LogP contribution in [-0.2, 0) is 4.79 Å². The number of hydrogen-bond acceptors (Lipinski definition) is 5. The van der Waals surface area contributed by atoms with Crippen LogP contribution in [0.5, 0.6) is 0 Å². The molecule has 2 N–H and O–H groups in total. The summed E-state index contributed by atoms with van der Waals surface area (Å²) >= 11 is 6.53. The van der Waals surface area contributed by atoms with Crippen molar-refractivity contribution >= 4 is 45.8 Å². The molecule has 3 aromatic heterocycles. The molecule has 0 bridgehead atoms. The van der Waals surface area contributed by atoms with Gasteiger partial charge in [-0.3, -0.25) is 19.7 Å². The number of carbonyl (C=O) groups excluding carboxylic acids is 2. The van der Waals surface area contributed by atoms with Gasteiger partial charge in [-0.15, -0.1) is 0 Å². The molecule has 1 aromatic carbocycles. The largest absolute Gasteiger partial charge is 0.321 e. The van der Waals surface area contributed by atoms with Crippen LogP contribution in [0.4, 0.5) is 11.4 Å². The Labute approximate surface area is 195 Å². The van der Waals surface area contributed by atoms with E-state index in [4.69, 9.17) is 11.6 Å². The Morgan fingerprint density at radius 1 is 1.12 bits per heavy atom. The number of aromatic nitrogens is 4. The number of carbonyl (C=O) groups is 2. The molecule has 0 unspecified atom stereocenters. The number of anilines is 2. The molecule has 166 valence electrons. The zero-order valence-electron chi connectivity index (χ0n) is 17.9. The van der Waals surface area contributed by atoms with Crippen molar-refractivity contribution in [2.24, 2.45) is 5.92 Å². The van der Waals surface area contributed by atoms with E-state index >= 15 is 0 Å². The van der Waals surface area contributed by atoms with E-state index < -0.39 is 0 Å². The van der Waals surface area contributed by atoms with Crippen molar-refractivity contribution in [3.8, 4) is 11.3 Å². The Kier molecular flexibility index (Phi) is 5.51. The molecule has 33 heavy (non-hydrogen) atoms. The molecule has 0 aliphatic heterocycles. The van der Waals surface area contributed by atoms with Crippen LogP contribution in [0.25, 0.3) is 22.3 Å². The van der Waals surface area contributed by atoms with Gasteiger partial charge in [-0.05, 0) is 49.1 Å². The maximum atomic E-state index is 12.6. The highest BCUT2D eigenvalue weighted by atomic mass is 35.5. The number of benzene rings is 1. The SMILES string of the molecule is CC(=O)N(CC1CC1)c1ccc(-c2ccc(C(=O)Nc3cnc4[nH]ncc4c3)cn2)cc1Cl. The molecule has 8 nitrogen and oxygen atoms in total. The molecule has 1 saturated carbocycles. The summed E-state index contributed by atoms with van der Waals surface area (Å²) in [5.41, 5.74) is 3.84. The molecule has 1 aliphatic carbocycles. The fourth-order valence-electron chi connectivity index (χ4n) is 3.65. The number of amides is 2. The maximum absolute atomic E-state index is 12.6. The van der Waals surface area contributed by atoms with Crippen molar-refractivity contribution in [3.05, 3.63) is 65.6 Å². The Hall–Kier alpha value is -3.78. The molecule has 0 saturated heterocycles. The highest BCUT2D eigenvalue weighted by molar-refractivity contribution is 6.34. The van der Waals surface area contributed by atoms with E-state index in [0.29, 0.717) is 45.8 Å². The second-order valence-corrected chi connectivity index (χ2v) is 8.56. The molecule has 3 heterocycles. The number of fused-ring (bicyclic) bond motifs is 1. The number of rotatable bonds is 6. The summed E-state index contributed by atoms with van der Waals surface area (Å²) in [6.45, 7) is 2.25. The Morgan fingerprint density at radius 2 is 1.97 bits per heavy atom. The molecule has 0 radical (unpaired) electrons. The third kappa shape index (κ3) is 4.56. The lowest BCUT2D eigenvalue weighted by atomic mass is 10.1. The van der Waals surface area contributed by atoms with E-state index in [1.807, 2.05) is 12.1 Å². The van der Waals surface area contributed by atoms with Gasteiger partial charge in [0.2, 0.25) is 5.91 Å². The van der Waals surface area contributed by atoms with E-state index in [1.165, 1.54) is 6.20 Å². The second kappa shape index (κ2) is 8.63. The van der Waals surface area contributed by atoms with Gasteiger partial charge in [0.15, 0.2) is 5.65 Å². The lowest BCUT2D eigenvalue weighted by Gasteiger charge is -2.22. The number of nitrogens with one attached hydrogen (secondary N) is 2. The number of nitrogens with zero attached hydrogens (tertiary/aromatic N) is 4. The van der Waals surface area contributed by atoms with Crippen LogP contribution in [0.1, 0.15) is 30.1 Å². The molecule has 0 atom stereocenters. The maximum Gasteiger partial charge on any atom is 0.257 e. The number of aromatic amines is 1. The van der Waals surface area contributed by atoms with E-state index in [9.17, 15) is 9.59 Å². The first-order valence-electron chi connectivity index (χ1n) is 10.6. The predicted octanol–water partition coefficient (Wildman–Crippen LogP) is 4.69. The third-order valence-electron chi connectivity index (χ3n) is 5.63. The molecule has 0 spiro atoms. The van der Waals surface area contributed by atoms with Crippen LogP contribution in [0, 0.1) is 5.92 Å². The Balaban J connectivity index is 1.31. The summed E-state index contributed by atoms with van der Waals surface area (Å²) in [6, 6.07) is 10.8. The minimum atomic E-state index is -0.288. The van der Waals surface area contributed by atoms with Crippen molar-refractivity contribution in [2.75, 3.05) is 16.8 Å². The van der Waals surface area contributed by atoms with E-state index in [0.717, 1.165) is 23.8 Å². The van der Waals surface area contributed by atoms with Crippen LogP contribution < -0.4 is 10.2 Å². The zero-order chi connectivity index (χ0) is 22.9. The number of halogens is 1. The highest BCUT2D eigenvalue weighted by Gasteiger charge is 2.27. The Morgan fingerprint density at radius 3 is 2.67 bits per heavy atom. The van der Waals surface area contributed by atoms with Crippen LogP contribution in [-0.4, -0.2) is 38.5 Å². The highest BCUT2D eigenvalue weighted by Crippen LogP contribution is 2.35. The molecule has 2 amide bonds. The van der Waals surface area contributed by atoms with Gasteiger partial charge in [0, 0.05) is 30.6 Å². The van der Waals surface area contributed by atoms with Gasteiger partial charge in [-0.2, -0.15) is 5.10 Å². The minimum Gasteiger partial charge on any atom is -0.321 e. The average Bonchev–Trinajstić information content (AvgIpc) is 3.52. The monoisotopic (exact) mass is 460 g/mol. The molecular formula is C24H21ClN6O2. The summed E-state index contributed by atoms with van der Waals surface area (Å²) in [6.07, 6.45) is 7.03. The Bertz CT molecular complexity index is 1350. The lowest BCUT2D eigenvalue weighted by molar-refractivity contribution is -0.116. The summed E-state index contributed by atoms with van der Waals surface area (Å²) < 4.78 is 0. The average molecular weight is 461 g/mol. The lowest BCUT2D eigenvalue weighted by Crippen LogP contribution is -2.30. The second-order valence-electron chi connectivity index (χ2n) is 8.16. The van der Waals surface area contributed by atoms with Crippen LogP contribution >= 0.6 is 11.6 Å². The first-order chi connectivity index (χ1) is 16.0. The molecule has 4 aromatic rings. The van der Waals surface area contributed by atoms with Crippen molar-refractivity contribution in [1.29, 1.82) is 0 Å². The van der Waals surface area contributed by atoms with E-state index in [-0.39, 0.29) is 11.8 Å². The molecular weight excluding hydrogens is 440 g/mol. The van der Waals surface area contributed by atoms with Crippen molar-refractivity contribution in [3.63, 3.8) is 0 Å². The molecule has 5 rings (SSSR count). The first-order valence-corrected chi connectivity index (χ1v) is 11.0. The van der Waals surface area contributed by atoms with E-state index in [1.54, 1.807) is 48.5 Å². The van der Waals surface area contributed by atoms with Gasteiger partial charge < -0.3 is 10.2 Å². The molecule has 9 heteroatoms. The molecule has 1 aliphatic rings. The van der Waals surface area contributed by atoms with Crippen LogP contribution in [0.2, 0.25) is 5.02 Å². The van der Waals surface area contributed by atoms with Gasteiger partial charge in [0.25, 0.3) is 5.91 Å². The quantitative estimate of drug-likeness (QED) is 0.434. The zero-order valence-corrected chi connectivity index (χ0v) is 18.6. The number of hydrogen-bond donors (Lipinski definition) is 2. The summed E-state index contributed by atoms with van der Waals surface area (Å²) in [7, 11) is 0. The number of H-pyrrole nitrogens is 1. The standard InChI is InChI=1S/C24H21ClN6O2/c1-14(32)31(13-15-2-3-15)22-7-5-16(9-20(22)25)21-6-4-17(10-26-21)24(33)29-19-8-18-11-28-30-23(18)27-12-19/h4-12,15H,2-3,13H2,1H3,(H,29,33)(H,27,28,30). The van der Waals surface area contributed by atoms with E-state index in [2.05, 4.69) is 25.5 Å². The normalized spacial score (nSPS) is 13.2. The van der Waals surface area contributed by atoms with Gasteiger partial charge in [-0.25, -0.2) is 4.98 Å². The topological polar surface area (TPSA) is 104 Å². The fraction of sp³-hybridized carbons (Fsp3) is 0.208. The predicted molar refractivity (Wildman–Crippen MR) is 127 cm³/mol. The third-order valence-corrected chi connectivity index (χ3v) is 5.93. The minimum absolute atomic E-state index is 0.0211. The summed E-state index contributed by atoms with van der Waals surface area (Å²) in [5.74, 6) is 0.249. The van der Waals surface area contributed by atoms with Crippen molar-refractivity contribution in [2.45, 2.75) is 19.8 Å². The smallest absolute Gasteiger partial charge is 0.257 e. The van der Waals surface area contributed by atoms with Gasteiger partial charge >= 0.3 is 0 Å².